The van der Waals surface area contributed by atoms with Gasteiger partial charge in [0.15, 0.2) is 23.0 Å². The average Bonchev–Trinajstić information content (AvgIpc) is 3.34. The monoisotopic (exact) mass is 600 g/mol. The Labute approximate surface area is 241 Å². The molecule has 0 aliphatic rings. The lowest BCUT2D eigenvalue weighted by molar-refractivity contribution is 0.0915. The minimum Gasteiger partial charge on any atom is -0.494 e. The number of carbonyl (C=O) groups is 1. The maximum atomic E-state index is 15.1. The van der Waals surface area contributed by atoms with E-state index in [-0.39, 0.29) is 66.4 Å². The second-order valence-electron chi connectivity index (χ2n) is 8.18. The van der Waals surface area contributed by atoms with Gasteiger partial charge >= 0.3 is 0 Å². The number of nitrogens with one attached hydrogen (secondary N) is 2. The first-order chi connectivity index (χ1) is 18.4. The zero-order valence-corrected chi connectivity index (χ0v) is 23.3. The summed E-state index contributed by atoms with van der Waals surface area (Å²) >= 11 is 0. The maximum absolute atomic E-state index is 15.1. The van der Waals surface area contributed by atoms with E-state index in [1.54, 1.807) is 12.3 Å². The van der Waals surface area contributed by atoms with Gasteiger partial charge in [-0.2, -0.15) is 4.39 Å². The van der Waals surface area contributed by atoms with Crippen LogP contribution in [0.15, 0.2) is 42.9 Å². The molecule has 9 nitrogen and oxygen atoms in total. The number of imidazole rings is 1. The SMILES string of the molecule is CCc1cc(Nc2nccn3c(-c4ccc(OC)c(F)c4F)cnc23)cc(F)c1C(=O)NCCOCCN.Cl.Cl. The summed E-state index contributed by atoms with van der Waals surface area (Å²) in [5.41, 5.74) is 6.70. The topological polar surface area (TPSA) is 116 Å². The van der Waals surface area contributed by atoms with Crippen molar-refractivity contribution in [1.29, 1.82) is 0 Å². The number of anilines is 2. The van der Waals surface area contributed by atoms with E-state index in [0.29, 0.717) is 36.5 Å². The molecule has 0 spiro atoms. The van der Waals surface area contributed by atoms with Crippen molar-refractivity contribution < 1.29 is 27.4 Å². The predicted octanol–water partition coefficient (Wildman–Crippen LogP) is 4.68. The summed E-state index contributed by atoms with van der Waals surface area (Å²) < 4.78 is 55.7. The van der Waals surface area contributed by atoms with E-state index in [1.807, 2.05) is 6.92 Å². The highest BCUT2D eigenvalue weighted by molar-refractivity contribution is 5.96. The molecule has 4 rings (SSSR count). The fourth-order valence-corrected chi connectivity index (χ4v) is 4.01. The van der Waals surface area contributed by atoms with Gasteiger partial charge in [0.1, 0.15) is 5.82 Å². The maximum Gasteiger partial charge on any atom is 0.254 e. The number of hydrogen-bond donors (Lipinski definition) is 3. The summed E-state index contributed by atoms with van der Waals surface area (Å²) in [6.07, 6.45) is 4.78. The third-order valence-corrected chi connectivity index (χ3v) is 5.81. The first-order valence-electron chi connectivity index (χ1n) is 11.9. The minimum atomic E-state index is -1.11. The molecule has 2 aromatic carbocycles. The van der Waals surface area contributed by atoms with Crippen LogP contribution in [0.3, 0.4) is 0 Å². The van der Waals surface area contributed by atoms with Crippen molar-refractivity contribution in [3.8, 4) is 17.0 Å². The largest absolute Gasteiger partial charge is 0.494 e. The molecule has 0 bridgehead atoms. The number of ether oxygens (including phenoxy) is 2. The van der Waals surface area contributed by atoms with Gasteiger partial charge in [-0.25, -0.2) is 18.7 Å². The van der Waals surface area contributed by atoms with Gasteiger partial charge < -0.3 is 25.8 Å². The summed E-state index contributed by atoms with van der Waals surface area (Å²) in [5, 5.41) is 5.66. The van der Waals surface area contributed by atoms with Crippen molar-refractivity contribution in [2.24, 2.45) is 5.73 Å². The summed E-state index contributed by atoms with van der Waals surface area (Å²) in [6, 6.07) is 5.56. The Bertz CT molecular complexity index is 1470. The van der Waals surface area contributed by atoms with Gasteiger partial charge in [0.25, 0.3) is 5.91 Å². The van der Waals surface area contributed by atoms with E-state index in [9.17, 15) is 13.6 Å². The molecule has 0 atom stereocenters. The molecule has 0 radical (unpaired) electrons. The summed E-state index contributed by atoms with van der Waals surface area (Å²) in [5.74, 6) is -3.40. The fourth-order valence-electron chi connectivity index (χ4n) is 4.01. The molecule has 2 heterocycles. The number of nitrogens with two attached hydrogens (primary N) is 1. The van der Waals surface area contributed by atoms with Crippen molar-refractivity contribution in [1.82, 2.24) is 19.7 Å². The number of amides is 1. The molecule has 0 saturated carbocycles. The lowest BCUT2D eigenvalue weighted by atomic mass is 10.0. The molecule has 216 valence electrons. The molecule has 0 aliphatic carbocycles. The Balaban J connectivity index is 0.00000280. The van der Waals surface area contributed by atoms with Gasteiger partial charge in [0, 0.05) is 36.7 Å². The Hall–Kier alpha value is -3.58. The minimum absolute atomic E-state index is 0. The number of hydrogen-bond acceptors (Lipinski definition) is 7. The van der Waals surface area contributed by atoms with Crippen LogP contribution in [0.1, 0.15) is 22.8 Å². The standard InChI is InChI=1S/C26H27F3N6O3.2ClH/c1-3-15-12-16(13-18(27)21(15)26(36)32-8-11-38-10-6-30)34-24-25-33-14-19(35(25)9-7-31-24)17-4-5-20(37-2)23(29)22(17)28;;/h4-5,7,9,12-14H,3,6,8,10-11,30H2,1-2H3,(H,31,34)(H,32,36);2*1H. The molecule has 0 unspecified atom stereocenters. The van der Waals surface area contributed by atoms with Gasteiger partial charge in [-0.05, 0) is 36.2 Å². The van der Waals surface area contributed by atoms with Crippen LogP contribution >= 0.6 is 24.8 Å². The van der Waals surface area contributed by atoms with Crippen LogP contribution in [-0.4, -0.2) is 53.7 Å². The van der Waals surface area contributed by atoms with Crippen LogP contribution in [0, 0.1) is 17.5 Å². The fraction of sp³-hybridized carbons (Fsp3) is 0.269. The average molecular weight is 601 g/mol. The van der Waals surface area contributed by atoms with Gasteiger partial charge in [0.2, 0.25) is 5.82 Å². The van der Waals surface area contributed by atoms with Gasteiger partial charge in [-0.1, -0.05) is 6.92 Å². The molecule has 0 aliphatic heterocycles. The molecular formula is C26H29Cl2F3N6O3. The van der Waals surface area contributed by atoms with E-state index in [2.05, 4.69) is 20.6 Å². The van der Waals surface area contributed by atoms with Gasteiger partial charge in [-0.15, -0.1) is 24.8 Å². The van der Waals surface area contributed by atoms with Crippen molar-refractivity contribution >= 4 is 47.9 Å². The zero-order chi connectivity index (χ0) is 27.2. The summed E-state index contributed by atoms with van der Waals surface area (Å²) in [6.45, 7) is 3.03. The number of rotatable bonds is 11. The van der Waals surface area contributed by atoms with Crippen molar-refractivity contribution in [2.75, 3.05) is 38.7 Å². The first kappa shape index (κ1) is 32.6. The van der Waals surface area contributed by atoms with Crippen LogP contribution in [0.25, 0.3) is 16.9 Å². The smallest absolute Gasteiger partial charge is 0.254 e. The number of benzene rings is 2. The molecule has 4 aromatic rings. The molecule has 0 fully saturated rings. The Morgan fingerprint density at radius 2 is 1.88 bits per heavy atom. The Morgan fingerprint density at radius 3 is 2.58 bits per heavy atom. The second kappa shape index (κ2) is 14.7. The van der Waals surface area contributed by atoms with E-state index in [0.717, 1.165) is 0 Å². The molecule has 14 heteroatoms. The number of nitrogens with zero attached hydrogens (tertiary/aromatic N) is 3. The van der Waals surface area contributed by atoms with Gasteiger partial charge in [0.05, 0.1) is 37.8 Å². The number of methoxy groups -OCH3 is 1. The predicted molar refractivity (Wildman–Crippen MR) is 151 cm³/mol. The van der Waals surface area contributed by atoms with Crippen LogP contribution in [0.2, 0.25) is 0 Å². The van der Waals surface area contributed by atoms with Crippen molar-refractivity contribution in [2.45, 2.75) is 13.3 Å². The lowest BCUT2D eigenvalue weighted by Gasteiger charge is -2.14. The number of fused-ring (bicyclic) bond motifs is 1. The lowest BCUT2D eigenvalue weighted by Crippen LogP contribution is -2.29. The van der Waals surface area contributed by atoms with Crippen molar-refractivity contribution in [3.05, 3.63) is 71.4 Å². The third-order valence-electron chi connectivity index (χ3n) is 5.81. The summed E-state index contributed by atoms with van der Waals surface area (Å²) in [7, 11) is 1.25. The highest BCUT2D eigenvalue weighted by Crippen LogP contribution is 2.32. The van der Waals surface area contributed by atoms with E-state index in [1.165, 1.54) is 42.1 Å². The van der Waals surface area contributed by atoms with Gasteiger partial charge in [-0.3, -0.25) is 9.20 Å². The number of aryl methyl sites for hydroxylation is 1. The molecule has 4 N–H and O–H groups in total. The quantitative estimate of drug-likeness (QED) is 0.214. The molecule has 40 heavy (non-hydrogen) atoms. The number of halogens is 5. The number of aromatic nitrogens is 3. The van der Waals surface area contributed by atoms with Crippen molar-refractivity contribution in [3.63, 3.8) is 0 Å². The highest BCUT2D eigenvalue weighted by Gasteiger charge is 2.21. The highest BCUT2D eigenvalue weighted by atomic mass is 35.5. The van der Waals surface area contributed by atoms with Crippen LogP contribution in [-0.2, 0) is 11.2 Å². The molecule has 2 aromatic heterocycles. The van der Waals surface area contributed by atoms with E-state index < -0.39 is 23.4 Å². The van der Waals surface area contributed by atoms with E-state index >= 15 is 4.39 Å². The van der Waals surface area contributed by atoms with Crippen LogP contribution < -0.4 is 21.1 Å². The third kappa shape index (κ3) is 6.76. The normalized spacial score (nSPS) is 10.6. The first-order valence-corrected chi connectivity index (χ1v) is 11.9. The second-order valence-corrected chi connectivity index (χ2v) is 8.18. The van der Waals surface area contributed by atoms with Crippen LogP contribution in [0.5, 0.6) is 5.75 Å². The zero-order valence-electron chi connectivity index (χ0n) is 21.7. The summed E-state index contributed by atoms with van der Waals surface area (Å²) in [4.78, 5) is 21.2. The van der Waals surface area contributed by atoms with Crippen LogP contribution in [0.4, 0.5) is 24.7 Å². The Morgan fingerprint density at radius 1 is 1.10 bits per heavy atom. The molecule has 1 amide bonds. The number of carbonyl (C=O) groups excluding carboxylic acids is 1. The molecular weight excluding hydrogens is 572 g/mol. The Kier molecular flexibility index (Phi) is 12.0. The van der Waals surface area contributed by atoms with E-state index in [4.69, 9.17) is 15.2 Å². The molecule has 0 saturated heterocycles.